The lowest BCUT2D eigenvalue weighted by Crippen LogP contribution is -2.12. The van der Waals surface area contributed by atoms with Gasteiger partial charge in [-0.25, -0.2) is 14.8 Å². The fourth-order valence-corrected chi connectivity index (χ4v) is 4.13. The second kappa shape index (κ2) is 8.44. The van der Waals surface area contributed by atoms with E-state index in [2.05, 4.69) is 15.3 Å². The van der Waals surface area contributed by atoms with Gasteiger partial charge in [-0.3, -0.25) is 4.79 Å². The van der Waals surface area contributed by atoms with Crippen molar-refractivity contribution in [3.8, 4) is 11.3 Å². The summed E-state index contributed by atoms with van der Waals surface area (Å²) in [6, 6.07) is 17.3. The second-order valence-electron chi connectivity index (χ2n) is 8.22. The van der Waals surface area contributed by atoms with Crippen molar-refractivity contribution < 1.29 is 14.3 Å². The van der Waals surface area contributed by atoms with Crippen molar-refractivity contribution in [1.82, 2.24) is 9.97 Å². The molecule has 0 aliphatic carbocycles. The summed E-state index contributed by atoms with van der Waals surface area (Å²) in [5.74, 6) is -0.584. The molecule has 1 unspecified atom stereocenters. The molecule has 5 rings (SSSR count). The number of aromatic carboxylic acids is 1. The van der Waals surface area contributed by atoms with E-state index in [1.165, 1.54) is 12.4 Å². The first-order chi connectivity index (χ1) is 16.4. The first kappa shape index (κ1) is 21.3. The minimum Gasteiger partial charge on any atom is -0.478 e. The molecule has 1 atom stereocenters. The van der Waals surface area contributed by atoms with Crippen molar-refractivity contribution in [1.29, 1.82) is 0 Å². The molecule has 2 aromatic heterocycles. The number of para-hydroxylation sites is 1. The zero-order valence-corrected chi connectivity index (χ0v) is 18.6. The number of aryl methyl sites for hydroxylation is 1. The van der Waals surface area contributed by atoms with Gasteiger partial charge in [0.05, 0.1) is 22.5 Å². The molecule has 0 fully saturated rings. The molecule has 0 radical (unpaired) electrons. The van der Waals surface area contributed by atoms with Crippen LogP contribution in [0.2, 0.25) is 0 Å². The molecule has 0 saturated carbocycles. The molecule has 0 aliphatic heterocycles. The van der Waals surface area contributed by atoms with Crippen molar-refractivity contribution in [2.24, 2.45) is 0 Å². The van der Waals surface area contributed by atoms with E-state index in [0.717, 1.165) is 27.6 Å². The molecule has 0 bridgehead atoms. The molecule has 3 aromatic carbocycles. The third-order valence-electron chi connectivity index (χ3n) is 5.79. The van der Waals surface area contributed by atoms with Crippen LogP contribution in [-0.4, -0.2) is 21.0 Å². The Bertz CT molecular complexity index is 1620. The number of aromatic nitrogens is 2. The molecule has 0 spiro atoms. The highest BCUT2D eigenvalue weighted by Crippen LogP contribution is 2.32. The number of nitrogens with zero attached hydrogens (tertiary/aromatic N) is 2. The van der Waals surface area contributed by atoms with Crippen LogP contribution in [-0.2, 0) is 0 Å². The van der Waals surface area contributed by atoms with Gasteiger partial charge in [-0.2, -0.15) is 0 Å². The zero-order chi connectivity index (χ0) is 23.8. The lowest BCUT2D eigenvalue weighted by Gasteiger charge is -2.19. The maximum atomic E-state index is 13.1. The van der Waals surface area contributed by atoms with Crippen molar-refractivity contribution in [2.75, 3.05) is 5.32 Å². The third kappa shape index (κ3) is 3.88. The van der Waals surface area contributed by atoms with Gasteiger partial charge < -0.3 is 14.8 Å². The predicted octanol–water partition coefficient (Wildman–Crippen LogP) is 5.58. The van der Waals surface area contributed by atoms with Gasteiger partial charge in [0.1, 0.15) is 17.7 Å². The van der Waals surface area contributed by atoms with Gasteiger partial charge >= 0.3 is 5.97 Å². The first-order valence-corrected chi connectivity index (χ1v) is 10.8. The Kier molecular flexibility index (Phi) is 5.30. The maximum Gasteiger partial charge on any atom is 0.337 e. The fourth-order valence-electron chi connectivity index (χ4n) is 4.13. The Balaban J connectivity index is 1.64. The van der Waals surface area contributed by atoms with E-state index in [1.54, 1.807) is 36.5 Å². The van der Waals surface area contributed by atoms with Gasteiger partial charge in [-0.05, 0) is 43.7 Å². The van der Waals surface area contributed by atoms with Crippen LogP contribution < -0.4 is 10.7 Å². The predicted molar refractivity (Wildman–Crippen MR) is 131 cm³/mol. The average molecular weight is 451 g/mol. The second-order valence-corrected chi connectivity index (χ2v) is 8.22. The minimum absolute atomic E-state index is 0.151. The maximum absolute atomic E-state index is 13.1. The Morgan fingerprint density at radius 1 is 1.09 bits per heavy atom. The quantitative estimate of drug-likeness (QED) is 0.359. The molecule has 34 heavy (non-hydrogen) atoms. The number of benzene rings is 3. The van der Waals surface area contributed by atoms with Crippen LogP contribution in [0.25, 0.3) is 33.2 Å². The Hall–Kier alpha value is -4.52. The normalized spacial score (nSPS) is 12.1. The number of nitrogens with one attached hydrogen (secondary N) is 1. The monoisotopic (exact) mass is 451 g/mol. The van der Waals surface area contributed by atoms with Crippen LogP contribution in [0.1, 0.15) is 34.5 Å². The average Bonchev–Trinajstić information content (AvgIpc) is 2.83. The molecular weight excluding hydrogens is 430 g/mol. The molecule has 7 nitrogen and oxygen atoms in total. The SMILES string of the molecule is Cc1cc(C(C)Nc2ccccc2C(=O)O)c2oc(-c3ccc4cncnc4c3)cc(=O)c2c1. The van der Waals surface area contributed by atoms with Crippen molar-refractivity contribution in [3.63, 3.8) is 0 Å². The molecule has 168 valence electrons. The van der Waals surface area contributed by atoms with Crippen LogP contribution in [0.4, 0.5) is 5.69 Å². The van der Waals surface area contributed by atoms with Gasteiger partial charge in [-0.1, -0.05) is 30.3 Å². The first-order valence-electron chi connectivity index (χ1n) is 10.8. The highest BCUT2D eigenvalue weighted by Gasteiger charge is 2.18. The number of hydrogen-bond donors (Lipinski definition) is 2. The van der Waals surface area contributed by atoms with Crippen LogP contribution in [0.15, 0.2) is 82.4 Å². The molecule has 0 aliphatic rings. The molecule has 2 heterocycles. The van der Waals surface area contributed by atoms with Gasteiger partial charge in [0, 0.05) is 34.5 Å². The van der Waals surface area contributed by atoms with E-state index in [4.69, 9.17) is 4.42 Å². The summed E-state index contributed by atoms with van der Waals surface area (Å²) in [6.07, 6.45) is 3.21. The fraction of sp³-hybridized carbons (Fsp3) is 0.111. The van der Waals surface area contributed by atoms with Crippen LogP contribution in [0, 0.1) is 6.92 Å². The number of hydrogen-bond acceptors (Lipinski definition) is 6. The van der Waals surface area contributed by atoms with Crippen LogP contribution >= 0.6 is 0 Å². The Morgan fingerprint density at radius 3 is 2.74 bits per heavy atom. The molecule has 2 N–H and O–H groups in total. The van der Waals surface area contributed by atoms with E-state index in [9.17, 15) is 14.7 Å². The summed E-state index contributed by atoms with van der Waals surface area (Å²) in [4.78, 5) is 33.0. The number of carbonyl (C=O) groups is 1. The third-order valence-corrected chi connectivity index (χ3v) is 5.79. The topological polar surface area (TPSA) is 105 Å². The smallest absolute Gasteiger partial charge is 0.337 e. The Morgan fingerprint density at radius 2 is 1.91 bits per heavy atom. The number of rotatable bonds is 5. The number of carboxylic acid groups (broad SMARTS) is 1. The van der Waals surface area contributed by atoms with E-state index in [0.29, 0.717) is 22.4 Å². The lowest BCUT2D eigenvalue weighted by molar-refractivity contribution is 0.0698. The van der Waals surface area contributed by atoms with Gasteiger partial charge in [0.25, 0.3) is 0 Å². The summed E-state index contributed by atoms with van der Waals surface area (Å²) in [5, 5.41) is 14.2. The van der Waals surface area contributed by atoms with E-state index < -0.39 is 5.97 Å². The standard InChI is InChI=1S/C27H21N3O4/c1-15-9-20(16(2)30-22-6-4-3-5-19(22)27(32)33)26-21(10-15)24(31)12-25(34-26)17-7-8-18-13-28-14-29-23(18)11-17/h3-14,16,30H,1-2H3,(H,32,33). The van der Waals surface area contributed by atoms with E-state index >= 15 is 0 Å². The highest BCUT2D eigenvalue weighted by molar-refractivity contribution is 5.94. The van der Waals surface area contributed by atoms with Gasteiger partial charge in [-0.15, -0.1) is 0 Å². The van der Waals surface area contributed by atoms with E-state index in [1.807, 2.05) is 38.1 Å². The van der Waals surface area contributed by atoms with Crippen LogP contribution in [0.3, 0.4) is 0 Å². The Labute approximate surface area is 194 Å². The van der Waals surface area contributed by atoms with Crippen molar-refractivity contribution >= 4 is 33.5 Å². The van der Waals surface area contributed by atoms with Gasteiger partial charge in [0.2, 0.25) is 0 Å². The minimum atomic E-state index is -1.02. The summed E-state index contributed by atoms with van der Waals surface area (Å²) in [5.41, 5.74) is 4.12. The zero-order valence-electron chi connectivity index (χ0n) is 18.6. The molecule has 5 aromatic rings. The molecule has 7 heteroatoms. The van der Waals surface area contributed by atoms with Gasteiger partial charge in [0.15, 0.2) is 5.43 Å². The summed E-state index contributed by atoms with van der Waals surface area (Å²) in [6.45, 7) is 3.82. The largest absolute Gasteiger partial charge is 0.478 e. The summed E-state index contributed by atoms with van der Waals surface area (Å²) < 4.78 is 6.30. The number of anilines is 1. The summed E-state index contributed by atoms with van der Waals surface area (Å²) >= 11 is 0. The number of carboxylic acids is 1. The van der Waals surface area contributed by atoms with Crippen molar-refractivity contribution in [3.05, 3.63) is 100 Å². The van der Waals surface area contributed by atoms with Crippen molar-refractivity contribution in [2.45, 2.75) is 19.9 Å². The molecule has 0 amide bonds. The molecule has 0 saturated heterocycles. The number of fused-ring (bicyclic) bond motifs is 2. The van der Waals surface area contributed by atoms with Crippen LogP contribution in [0.5, 0.6) is 0 Å². The van der Waals surface area contributed by atoms with E-state index in [-0.39, 0.29) is 17.0 Å². The molecular formula is C27H21N3O4. The highest BCUT2D eigenvalue weighted by atomic mass is 16.4. The lowest BCUT2D eigenvalue weighted by atomic mass is 10.00. The summed E-state index contributed by atoms with van der Waals surface area (Å²) in [7, 11) is 0.